The summed E-state index contributed by atoms with van der Waals surface area (Å²) >= 11 is 1.26. The first-order chi connectivity index (χ1) is 12.0. The van der Waals surface area contributed by atoms with Gasteiger partial charge in [-0.1, -0.05) is 41.9 Å². The fraction of sp³-hybridized carbons (Fsp3) is 0.389. The van der Waals surface area contributed by atoms with Gasteiger partial charge in [-0.3, -0.25) is 9.59 Å². The maximum atomic E-state index is 12.1. The van der Waals surface area contributed by atoms with E-state index in [0.29, 0.717) is 11.6 Å². The van der Waals surface area contributed by atoms with E-state index >= 15 is 0 Å². The van der Waals surface area contributed by atoms with E-state index < -0.39 is 0 Å². The molecule has 25 heavy (non-hydrogen) atoms. The molecule has 0 aliphatic heterocycles. The Morgan fingerprint density at radius 1 is 1.16 bits per heavy atom. The quantitative estimate of drug-likeness (QED) is 0.754. The lowest BCUT2D eigenvalue weighted by Crippen LogP contribution is -2.30. The fourth-order valence-electron chi connectivity index (χ4n) is 2.30. The number of hydrogen-bond acceptors (Lipinski definition) is 5. The largest absolute Gasteiger partial charge is 0.360 e. The summed E-state index contributed by atoms with van der Waals surface area (Å²) in [4.78, 5) is 23.9. The number of nitrogens with zero attached hydrogens (tertiary/aromatic N) is 1. The monoisotopic (exact) mass is 361 g/mol. The first-order valence-corrected chi connectivity index (χ1v) is 9.30. The second-order valence-electron chi connectivity index (χ2n) is 5.80. The number of hydrogen-bond donors (Lipinski definition) is 2. The molecule has 1 aromatic heterocycles. The number of carbonyl (C=O) groups is 2. The van der Waals surface area contributed by atoms with Crippen molar-refractivity contribution >= 4 is 29.4 Å². The van der Waals surface area contributed by atoms with Gasteiger partial charge in [0.2, 0.25) is 11.8 Å². The summed E-state index contributed by atoms with van der Waals surface area (Å²) in [5.74, 6) is 1.13. The second-order valence-corrected chi connectivity index (χ2v) is 6.79. The van der Waals surface area contributed by atoms with Crippen LogP contribution in [0.3, 0.4) is 0 Å². The molecule has 0 spiro atoms. The average molecular weight is 361 g/mol. The molecule has 0 radical (unpaired) electrons. The van der Waals surface area contributed by atoms with E-state index in [1.807, 2.05) is 38.1 Å². The van der Waals surface area contributed by atoms with Gasteiger partial charge in [0.1, 0.15) is 5.76 Å². The standard InChI is InChI=1S/C18H23N3O3S/c1-4-15(14-7-5-12(2)6-8-14)19-17(22)10-25-11-18(23)20-16-9-13(3)24-21-16/h5-9,15H,4,10-11H2,1-3H3,(H,19,22)(H,20,21,23). The van der Waals surface area contributed by atoms with Crippen LogP contribution in [0.4, 0.5) is 5.82 Å². The molecule has 0 aliphatic carbocycles. The Morgan fingerprint density at radius 3 is 2.44 bits per heavy atom. The summed E-state index contributed by atoms with van der Waals surface area (Å²) in [6.07, 6.45) is 0.811. The van der Waals surface area contributed by atoms with Gasteiger partial charge in [0.15, 0.2) is 5.82 Å². The number of aryl methyl sites for hydroxylation is 2. The van der Waals surface area contributed by atoms with E-state index in [4.69, 9.17) is 4.52 Å². The van der Waals surface area contributed by atoms with Crippen LogP contribution in [0.5, 0.6) is 0 Å². The lowest BCUT2D eigenvalue weighted by molar-refractivity contribution is -0.119. The lowest BCUT2D eigenvalue weighted by Gasteiger charge is -2.17. The van der Waals surface area contributed by atoms with Crippen LogP contribution >= 0.6 is 11.8 Å². The third kappa shape index (κ3) is 6.26. The third-order valence-electron chi connectivity index (χ3n) is 3.58. The fourth-order valence-corrected chi connectivity index (χ4v) is 2.92. The van der Waals surface area contributed by atoms with Crippen molar-refractivity contribution in [2.75, 3.05) is 16.8 Å². The van der Waals surface area contributed by atoms with Crippen molar-refractivity contribution in [3.8, 4) is 0 Å². The molecule has 2 N–H and O–H groups in total. The van der Waals surface area contributed by atoms with Gasteiger partial charge < -0.3 is 15.2 Å². The third-order valence-corrected chi connectivity index (χ3v) is 4.52. The van der Waals surface area contributed by atoms with Crippen LogP contribution in [-0.2, 0) is 9.59 Å². The highest BCUT2D eigenvalue weighted by Crippen LogP contribution is 2.17. The number of rotatable bonds is 8. The molecule has 0 bridgehead atoms. The van der Waals surface area contributed by atoms with Crippen LogP contribution in [0.1, 0.15) is 36.3 Å². The summed E-state index contributed by atoms with van der Waals surface area (Å²) in [7, 11) is 0. The van der Waals surface area contributed by atoms with Crippen LogP contribution in [0.15, 0.2) is 34.9 Å². The predicted octanol–water partition coefficient (Wildman–Crippen LogP) is 3.23. The van der Waals surface area contributed by atoms with Crippen LogP contribution in [0.2, 0.25) is 0 Å². The van der Waals surface area contributed by atoms with Crippen molar-refractivity contribution < 1.29 is 14.1 Å². The zero-order valence-electron chi connectivity index (χ0n) is 14.7. The number of thioether (sulfide) groups is 1. The molecule has 0 aliphatic rings. The van der Waals surface area contributed by atoms with Crippen molar-refractivity contribution in [1.82, 2.24) is 10.5 Å². The molecule has 2 aromatic rings. The van der Waals surface area contributed by atoms with Crippen molar-refractivity contribution in [1.29, 1.82) is 0 Å². The van der Waals surface area contributed by atoms with E-state index in [1.54, 1.807) is 13.0 Å². The van der Waals surface area contributed by atoms with E-state index in [0.717, 1.165) is 12.0 Å². The Balaban J connectivity index is 1.73. The number of amides is 2. The van der Waals surface area contributed by atoms with Gasteiger partial charge in [-0.15, -0.1) is 11.8 Å². The number of benzene rings is 1. The lowest BCUT2D eigenvalue weighted by atomic mass is 10.0. The summed E-state index contributed by atoms with van der Waals surface area (Å²) in [5.41, 5.74) is 2.28. The molecule has 6 nitrogen and oxygen atoms in total. The summed E-state index contributed by atoms with van der Waals surface area (Å²) < 4.78 is 4.88. The highest BCUT2D eigenvalue weighted by atomic mass is 32.2. The Morgan fingerprint density at radius 2 is 1.84 bits per heavy atom. The SMILES string of the molecule is CCC(NC(=O)CSCC(=O)Nc1cc(C)on1)c1ccc(C)cc1. The molecule has 2 rings (SSSR count). The van der Waals surface area contributed by atoms with E-state index in [9.17, 15) is 9.59 Å². The minimum Gasteiger partial charge on any atom is -0.360 e. The predicted molar refractivity (Wildman–Crippen MR) is 99.5 cm³/mol. The molecule has 2 amide bonds. The first-order valence-electron chi connectivity index (χ1n) is 8.14. The Hall–Kier alpha value is -2.28. The van der Waals surface area contributed by atoms with Gasteiger partial charge in [-0.2, -0.15) is 0 Å². The second kappa shape index (κ2) is 9.27. The van der Waals surface area contributed by atoms with Crippen LogP contribution < -0.4 is 10.6 Å². The summed E-state index contributed by atoms with van der Waals surface area (Å²) in [6.45, 7) is 5.82. The van der Waals surface area contributed by atoms with Gasteiger partial charge in [0.05, 0.1) is 17.5 Å². The minimum atomic E-state index is -0.211. The van der Waals surface area contributed by atoms with E-state index in [2.05, 4.69) is 15.8 Å². The topological polar surface area (TPSA) is 84.2 Å². The molecule has 0 fully saturated rings. The Bertz CT molecular complexity index is 713. The van der Waals surface area contributed by atoms with Crippen LogP contribution in [0.25, 0.3) is 0 Å². The summed E-state index contributed by atoms with van der Waals surface area (Å²) in [5, 5.41) is 9.33. The van der Waals surface area contributed by atoms with Crippen LogP contribution in [-0.4, -0.2) is 28.5 Å². The molecule has 1 unspecified atom stereocenters. The van der Waals surface area contributed by atoms with Crippen molar-refractivity contribution in [3.63, 3.8) is 0 Å². The highest BCUT2D eigenvalue weighted by Gasteiger charge is 2.13. The van der Waals surface area contributed by atoms with E-state index in [-0.39, 0.29) is 29.4 Å². The number of aromatic nitrogens is 1. The molecule has 1 heterocycles. The zero-order chi connectivity index (χ0) is 18.2. The molecule has 0 saturated carbocycles. The van der Waals surface area contributed by atoms with Gasteiger partial charge in [0.25, 0.3) is 0 Å². The summed E-state index contributed by atoms with van der Waals surface area (Å²) in [6, 6.07) is 9.77. The molecule has 7 heteroatoms. The van der Waals surface area contributed by atoms with E-state index in [1.165, 1.54) is 17.3 Å². The van der Waals surface area contributed by atoms with Gasteiger partial charge in [0, 0.05) is 6.07 Å². The average Bonchev–Trinajstić information content (AvgIpc) is 2.98. The van der Waals surface area contributed by atoms with Gasteiger partial charge in [-0.05, 0) is 25.8 Å². The molecular formula is C18H23N3O3S. The minimum absolute atomic E-state index is 0.0133. The molecule has 134 valence electrons. The Labute approximate surface area is 151 Å². The highest BCUT2D eigenvalue weighted by molar-refractivity contribution is 8.00. The maximum Gasteiger partial charge on any atom is 0.235 e. The zero-order valence-corrected chi connectivity index (χ0v) is 15.5. The number of anilines is 1. The Kier molecular flexibility index (Phi) is 7.06. The normalized spacial score (nSPS) is 11.8. The van der Waals surface area contributed by atoms with Crippen molar-refractivity contribution in [2.24, 2.45) is 0 Å². The van der Waals surface area contributed by atoms with Gasteiger partial charge in [-0.25, -0.2) is 0 Å². The molecule has 1 atom stereocenters. The molecular weight excluding hydrogens is 338 g/mol. The van der Waals surface area contributed by atoms with Crippen LogP contribution in [0, 0.1) is 13.8 Å². The first kappa shape index (κ1) is 19.1. The van der Waals surface area contributed by atoms with Crippen molar-refractivity contribution in [2.45, 2.75) is 33.2 Å². The number of nitrogens with one attached hydrogen (secondary N) is 2. The van der Waals surface area contributed by atoms with Crippen molar-refractivity contribution in [3.05, 3.63) is 47.2 Å². The molecule has 1 aromatic carbocycles. The smallest absolute Gasteiger partial charge is 0.235 e. The molecule has 0 saturated heterocycles. The number of carbonyl (C=O) groups excluding carboxylic acids is 2. The maximum absolute atomic E-state index is 12.1. The van der Waals surface area contributed by atoms with Gasteiger partial charge >= 0.3 is 0 Å².